The number of anilines is 1. The van der Waals surface area contributed by atoms with Crippen LogP contribution in [0.1, 0.15) is 10.4 Å². The van der Waals surface area contributed by atoms with E-state index in [-0.39, 0.29) is 11.7 Å². The summed E-state index contributed by atoms with van der Waals surface area (Å²) in [5.74, 6) is -0.242. The van der Waals surface area contributed by atoms with Crippen molar-refractivity contribution in [1.82, 2.24) is 4.98 Å². The minimum atomic E-state index is -0.354. The van der Waals surface area contributed by atoms with Crippen LogP contribution in [0.4, 0.5) is 10.1 Å². The summed E-state index contributed by atoms with van der Waals surface area (Å²) < 4.78 is 20.0. The summed E-state index contributed by atoms with van der Waals surface area (Å²) in [4.78, 5) is 16.7. The Hall–Kier alpha value is -2.99. The fraction of sp³-hybridized carbons (Fsp3) is 0. The third kappa shape index (κ3) is 3.36. The average molecular weight is 411 g/mol. The summed E-state index contributed by atoms with van der Waals surface area (Å²) in [7, 11) is 0. The summed E-state index contributed by atoms with van der Waals surface area (Å²) >= 11 is 3.34. The molecule has 1 amide bonds. The van der Waals surface area contributed by atoms with Gasteiger partial charge in [0, 0.05) is 21.3 Å². The van der Waals surface area contributed by atoms with Crippen LogP contribution in [-0.4, -0.2) is 10.9 Å². The van der Waals surface area contributed by atoms with Crippen molar-refractivity contribution in [3.8, 4) is 11.5 Å². The second-order valence-electron chi connectivity index (χ2n) is 5.67. The van der Waals surface area contributed by atoms with E-state index >= 15 is 0 Å². The van der Waals surface area contributed by atoms with Crippen LogP contribution in [0.15, 0.2) is 75.6 Å². The Morgan fingerprint density at radius 1 is 1.04 bits per heavy atom. The molecule has 0 radical (unpaired) electrons. The van der Waals surface area contributed by atoms with E-state index in [1.165, 1.54) is 12.1 Å². The van der Waals surface area contributed by atoms with Crippen molar-refractivity contribution in [1.29, 1.82) is 0 Å². The van der Waals surface area contributed by atoms with Crippen molar-refractivity contribution in [3.05, 3.63) is 82.6 Å². The molecule has 128 valence electrons. The zero-order valence-corrected chi connectivity index (χ0v) is 15.0. The molecular weight excluding hydrogens is 399 g/mol. The Morgan fingerprint density at radius 3 is 2.62 bits per heavy atom. The predicted octanol–water partition coefficient (Wildman–Crippen LogP) is 5.65. The molecule has 0 bridgehead atoms. The third-order valence-electron chi connectivity index (χ3n) is 3.82. The van der Waals surface area contributed by atoms with Gasteiger partial charge in [0.2, 0.25) is 5.89 Å². The molecule has 4 nitrogen and oxygen atoms in total. The van der Waals surface area contributed by atoms with Gasteiger partial charge in [-0.1, -0.05) is 22.0 Å². The minimum absolute atomic E-state index is 0.217. The van der Waals surface area contributed by atoms with Gasteiger partial charge < -0.3 is 9.73 Å². The number of benzene rings is 3. The lowest BCUT2D eigenvalue weighted by atomic mass is 10.2. The number of carbonyl (C=O) groups is 1. The third-order valence-corrected chi connectivity index (χ3v) is 4.35. The molecule has 4 aromatic rings. The SMILES string of the molecule is O=C(Nc1ccc2oc(-c3cccc(F)c3)nc2c1)c1ccc(Br)cc1. The van der Waals surface area contributed by atoms with Gasteiger partial charge in [0.25, 0.3) is 5.91 Å². The van der Waals surface area contributed by atoms with Crippen molar-refractivity contribution in [2.24, 2.45) is 0 Å². The predicted molar refractivity (Wildman–Crippen MR) is 101 cm³/mol. The molecule has 0 fully saturated rings. The highest BCUT2D eigenvalue weighted by molar-refractivity contribution is 9.10. The molecule has 0 spiro atoms. The zero-order valence-electron chi connectivity index (χ0n) is 13.4. The maximum Gasteiger partial charge on any atom is 0.255 e. The lowest BCUT2D eigenvalue weighted by molar-refractivity contribution is 0.102. The molecule has 0 aliphatic heterocycles. The van der Waals surface area contributed by atoms with Crippen LogP contribution >= 0.6 is 15.9 Å². The van der Waals surface area contributed by atoms with E-state index in [0.717, 1.165) is 4.47 Å². The number of hydrogen-bond donors (Lipinski definition) is 1. The monoisotopic (exact) mass is 410 g/mol. The van der Waals surface area contributed by atoms with Gasteiger partial charge in [0.15, 0.2) is 5.58 Å². The zero-order chi connectivity index (χ0) is 18.1. The number of aromatic nitrogens is 1. The Balaban J connectivity index is 1.61. The van der Waals surface area contributed by atoms with Gasteiger partial charge in [0.1, 0.15) is 11.3 Å². The lowest BCUT2D eigenvalue weighted by Gasteiger charge is -2.05. The number of rotatable bonds is 3. The van der Waals surface area contributed by atoms with E-state index < -0.39 is 0 Å². The van der Waals surface area contributed by atoms with Crippen LogP contribution in [0.5, 0.6) is 0 Å². The van der Waals surface area contributed by atoms with E-state index in [0.29, 0.717) is 33.8 Å². The number of carbonyl (C=O) groups excluding carboxylic acids is 1. The fourth-order valence-corrected chi connectivity index (χ4v) is 2.82. The molecule has 1 N–H and O–H groups in total. The Morgan fingerprint density at radius 2 is 1.85 bits per heavy atom. The van der Waals surface area contributed by atoms with Crippen LogP contribution in [0.2, 0.25) is 0 Å². The molecule has 4 rings (SSSR count). The summed E-state index contributed by atoms with van der Waals surface area (Å²) in [6.45, 7) is 0. The molecule has 6 heteroatoms. The molecule has 0 aliphatic carbocycles. The highest BCUT2D eigenvalue weighted by Gasteiger charge is 2.11. The van der Waals surface area contributed by atoms with Crippen LogP contribution in [0.25, 0.3) is 22.6 Å². The minimum Gasteiger partial charge on any atom is -0.436 e. The molecule has 26 heavy (non-hydrogen) atoms. The summed E-state index contributed by atoms with van der Waals surface area (Å²) in [5, 5.41) is 2.83. The topological polar surface area (TPSA) is 55.1 Å². The van der Waals surface area contributed by atoms with Crippen LogP contribution in [-0.2, 0) is 0 Å². The molecule has 3 aromatic carbocycles. The average Bonchev–Trinajstić information content (AvgIpc) is 3.05. The van der Waals surface area contributed by atoms with E-state index in [1.54, 1.807) is 54.6 Å². The van der Waals surface area contributed by atoms with Crippen molar-refractivity contribution < 1.29 is 13.6 Å². The van der Waals surface area contributed by atoms with Crippen molar-refractivity contribution in [2.75, 3.05) is 5.32 Å². The van der Waals surface area contributed by atoms with Crippen LogP contribution in [0.3, 0.4) is 0 Å². The number of nitrogens with zero attached hydrogens (tertiary/aromatic N) is 1. The molecule has 0 unspecified atom stereocenters. The highest BCUT2D eigenvalue weighted by Crippen LogP contribution is 2.26. The normalized spacial score (nSPS) is 10.8. The number of amides is 1. The van der Waals surface area contributed by atoms with Crippen molar-refractivity contribution in [3.63, 3.8) is 0 Å². The number of oxazole rings is 1. The van der Waals surface area contributed by atoms with Crippen molar-refractivity contribution >= 4 is 38.6 Å². The first kappa shape index (κ1) is 16.5. The van der Waals surface area contributed by atoms with Gasteiger partial charge in [-0.2, -0.15) is 0 Å². The van der Waals surface area contributed by atoms with E-state index in [4.69, 9.17) is 4.42 Å². The van der Waals surface area contributed by atoms with Gasteiger partial charge in [-0.15, -0.1) is 0 Å². The van der Waals surface area contributed by atoms with Crippen LogP contribution in [0, 0.1) is 5.82 Å². The first-order valence-electron chi connectivity index (χ1n) is 7.82. The second kappa shape index (κ2) is 6.72. The standard InChI is InChI=1S/C20H12BrFN2O2/c21-14-6-4-12(5-7-14)19(25)23-16-8-9-18-17(11-16)24-20(26-18)13-2-1-3-15(22)10-13/h1-11H,(H,23,25). The van der Waals surface area contributed by atoms with Crippen LogP contribution < -0.4 is 5.32 Å². The van der Waals surface area contributed by atoms with Gasteiger partial charge >= 0.3 is 0 Å². The van der Waals surface area contributed by atoms with Gasteiger partial charge in [-0.25, -0.2) is 9.37 Å². The largest absolute Gasteiger partial charge is 0.436 e. The molecule has 0 aliphatic rings. The smallest absolute Gasteiger partial charge is 0.255 e. The molecule has 0 atom stereocenters. The van der Waals surface area contributed by atoms with Gasteiger partial charge in [-0.05, 0) is 60.7 Å². The summed E-state index contributed by atoms with van der Waals surface area (Å²) in [6, 6.07) is 18.3. The molecule has 0 saturated heterocycles. The van der Waals surface area contributed by atoms with E-state index in [9.17, 15) is 9.18 Å². The number of halogens is 2. The molecule has 0 saturated carbocycles. The first-order valence-corrected chi connectivity index (χ1v) is 8.61. The van der Waals surface area contributed by atoms with Gasteiger partial charge in [0.05, 0.1) is 0 Å². The highest BCUT2D eigenvalue weighted by atomic mass is 79.9. The fourth-order valence-electron chi connectivity index (χ4n) is 2.55. The molecule has 1 heterocycles. The first-order chi connectivity index (χ1) is 12.6. The maximum absolute atomic E-state index is 13.4. The quantitative estimate of drug-likeness (QED) is 0.474. The Labute approximate surface area is 156 Å². The number of hydrogen-bond acceptors (Lipinski definition) is 3. The van der Waals surface area contributed by atoms with Gasteiger partial charge in [-0.3, -0.25) is 4.79 Å². The van der Waals surface area contributed by atoms with Crippen molar-refractivity contribution in [2.45, 2.75) is 0 Å². The second-order valence-corrected chi connectivity index (χ2v) is 6.59. The number of nitrogens with one attached hydrogen (secondary N) is 1. The Bertz CT molecular complexity index is 1110. The number of fused-ring (bicyclic) bond motifs is 1. The van der Waals surface area contributed by atoms with E-state index in [1.807, 2.05) is 0 Å². The lowest BCUT2D eigenvalue weighted by Crippen LogP contribution is -2.11. The Kier molecular flexibility index (Phi) is 4.26. The molecule has 1 aromatic heterocycles. The molecular formula is C20H12BrFN2O2. The summed E-state index contributed by atoms with van der Waals surface area (Å²) in [5.41, 5.74) is 2.85. The summed E-state index contributed by atoms with van der Waals surface area (Å²) in [6.07, 6.45) is 0. The maximum atomic E-state index is 13.4. The van der Waals surface area contributed by atoms with E-state index in [2.05, 4.69) is 26.2 Å².